The lowest BCUT2D eigenvalue weighted by atomic mass is 9.97. The van der Waals surface area contributed by atoms with E-state index in [0.29, 0.717) is 0 Å². The molecule has 1 aliphatic heterocycles. The molecule has 0 aromatic rings. The van der Waals surface area contributed by atoms with Crippen LogP contribution in [0.3, 0.4) is 0 Å². The molecule has 0 N–H and O–H groups in total. The number of rotatable bonds is 1. The van der Waals surface area contributed by atoms with Gasteiger partial charge in [0, 0.05) is 0 Å². The van der Waals surface area contributed by atoms with Crippen LogP contribution in [0.2, 0.25) is 0 Å². The van der Waals surface area contributed by atoms with Crippen molar-refractivity contribution in [1.29, 1.82) is 0 Å². The van der Waals surface area contributed by atoms with Gasteiger partial charge >= 0.3 is 24.5 Å². The number of hydrogen-bond acceptors (Lipinski definition) is 1. The minimum atomic E-state index is -6.59. The predicted octanol–water partition coefficient (Wildman–Crippen LogP) is 3.50. The smallest absolute Gasteiger partial charge is 0.253 e. The van der Waals surface area contributed by atoms with Crippen LogP contribution in [0.5, 0.6) is 0 Å². The molecule has 1 aliphatic rings. The number of hydrogen-bond donors (Lipinski definition) is 0. The molecule has 1 rings (SSSR count). The second kappa shape index (κ2) is 3.26. The molecule has 1 nitrogen and oxygen atoms in total. The minimum Gasteiger partial charge on any atom is -0.253 e. The maximum atomic E-state index is 12.4. The van der Waals surface area contributed by atoms with Crippen molar-refractivity contribution in [3.05, 3.63) is 0 Å². The lowest BCUT2D eigenvalue weighted by Crippen LogP contribution is -2.56. The molecule has 0 saturated heterocycles. The van der Waals surface area contributed by atoms with Crippen LogP contribution in [-0.4, -0.2) is 35.7 Å². The van der Waals surface area contributed by atoms with Gasteiger partial charge in [-0.2, -0.15) is 48.3 Å². The van der Waals surface area contributed by atoms with E-state index in [0.717, 1.165) is 0 Å². The summed E-state index contributed by atoms with van der Waals surface area (Å²) in [7, 11) is 0. The molecule has 106 valence electrons. The first-order valence-electron chi connectivity index (χ1n) is 3.78. The molecule has 0 radical (unpaired) electrons. The maximum absolute atomic E-state index is 12.4. The third-order valence-corrected chi connectivity index (χ3v) is 2.05. The highest BCUT2D eigenvalue weighted by Crippen LogP contribution is 2.59. The Morgan fingerprint density at radius 3 is 1.17 bits per heavy atom. The second-order valence-electron chi connectivity index (χ2n) is 3.24. The Labute approximate surface area is 90.3 Å². The van der Waals surface area contributed by atoms with Gasteiger partial charge in [-0.25, -0.2) is 0 Å². The van der Waals surface area contributed by atoms with Crippen LogP contribution in [0.1, 0.15) is 0 Å². The van der Waals surface area contributed by atoms with Crippen LogP contribution >= 0.6 is 0 Å². The Morgan fingerprint density at radius 2 is 1.00 bits per heavy atom. The summed E-state index contributed by atoms with van der Waals surface area (Å²) in [5.41, 5.74) is -8.73. The number of aliphatic imine (C=N–C) groups is 1. The van der Waals surface area contributed by atoms with Crippen LogP contribution in [0.4, 0.5) is 48.3 Å². The Hall–Kier alpha value is -1.10. The van der Waals surface area contributed by atoms with Crippen molar-refractivity contribution in [3.63, 3.8) is 0 Å². The summed E-state index contributed by atoms with van der Waals surface area (Å²) in [6.07, 6.45) is -19.4. The fraction of sp³-hybridized carbons (Fsp3) is 0.833. The Bertz CT molecular complexity index is 366. The van der Waals surface area contributed by atoms with E-state index in [-0.39, 0.29) is 0 Å². The van der Waals surface area contributed by atoms with E-state index in [1.165, 1.54) is 4.99 Å². The average Bonchev–Trinajstić information content (AvgIpc) is 2.72. The van der Waals surface area contributed by atoms with Crippen molar-refractivity contribution >= 4 is 5.71 Å². The molecule has 12 heteroatoms. The molecule has 0 unspecified atom stereocenters. The third-order valence-electron chi connectivity index (χ3n) is 2.05. The van der Waals surface area contributed by atoms with Crippen molar-refractivity contribution in [2.24, 2.45) is 4.99 Å². The first-order chi connectivity index (χ1) is 7.59. The normalized spacial score (nSPS) is 20.7. The summed E-state index contributed by atoms with van der Waals surface area (Å²) in [5, 5.41) is 0. The van der Waals surface area contributed by atoms with Crippen molar-refractivity contribution in [2.45, 2.75) is 30.0 Å². The zero-order chi connectivity index (χ0) is 14.8. The zero-order valence-corrected chi connectivity index (χ0v) is 7.60. The molecule has 18 heavy (non-hydrogen) atoms. The molecule has 1 heterocycles. The molecule has 0 amide bonds. The van der Waals surface area contributed by atoms with Gasteiger partial charge in [-0.1, -0.05) is 0 Å². The number of alkyl halides is 11. The van der Waals surface area contributed by atoms with Crippen molar-refractivity contribution in [2.75, 3.05) is 0 Å². The molecule has 0 bridgehead atoms. The van der Waals surface area contributed by atoms with Gasteiger partial charge in [0.25, 0.3) is 5.54 Å². The first-order valence-corrected chi connectivity index (χ1v) is 3.78. The summed E-state index contributed by atoms with van der Waals surface area (Å²) in [5.74, 6) is -6.29. The highest BCUT2D eigenvalue weighted by molar-refractivity contribution is 6.12. The van der Waals surface area contributed by atoms with Gasteiger partial charge in [0.2, 0.25) is 0 Å². The molecular weight excluding hydrogens is 295 g/mol. The van der Waals surface area contributed by atoms with E-state index in [1.54, 1.807) is 0 Å². The third kappa shape index (κ3) is 1.72. The van der Waals surface area contributed by atoms with E-state index in [1.807, 2.05) is 0 Å². The van der Waals surface area contributed by atoms with Crippen LogP contribution in [0, 0.1) is 0 Å². The predicted molar refractivity (Wildman–Crippen MR) is 33.3 cm³/mol. The van der Waals surface area contributed by atoms with Crippen molar-refractivity contribution < 1.29 is 48.3 Å². The van der Waals surface area contributed by atoms with Crippen molar-refractivity contribution in [1.82, 2.24) is 0 Å². The Morgan fingerprint density at radius 1 is 0.667 bits per heavy atom. The van der Waals surface area contributed by atoms with Gasteiger partial charge in [0.15, 0.2) is 0 Å². The molecule has 0 saturated carbocycles. The lowest BCUT2D eigenvalue weighted by Gasteiger charge is -2.25. The molecule has 0 aromatic carbocycles. The molecule has 0 aromatic heterocycles. The SMILES string of the molecule is FC(F)(F)C(F)(F)C1=NC1(C(F)(F)F)C(F)(F)F. The summed E-state index contributed by atoms with van der Waals surface area (Å²) in [4.78, 5) is 1.36. The van der Waals surface area contributed by atoms with Crippen LogP contribution in [0.25, 0.3) is 0 Å². The lowest BCUT2D eigenvalue weighted by molar-refractivity contribution is -0.272. The zero-order valence-electron chi connectivity index (χ0n) is 7.60. The highest BCUT2D eigenvalue weighted by atomic mass is 19.4. The monoisotopic (exact) mass is 295 g/mol. The maximum Gasteiger partial charge on any atom is 0.459 e. The quantitative estimate of drug-likeness (QED) is 0.657. The van der Waals surface area contributed by atoms with Gasteiger partial charge in [-0.3, -0.25) is 4.99 Å². The van der Waals surface area contributed by atoms with E-state index >= 15 is 0 Å². The molecule has 0 atom stereocenters. The van der Waals surface area contributed by atoms with E-state index in [4.69, 9.17) is 0 Å². The van der Waals surface area contributed by atoms with Crippen LogP contribution in [0.15, 0.2) is 4.99 Å². The first kappa shape index (κ1) is 15.0. The van der Waals surface area contributed by atoms with Gasteiger partial charge in [0.05, 0.1) is 0 Å². The van der Waals surface area contributed by atoms with Crippen molar-refractivity contribution in [3.8, 4) is 0 Å². The standard InChI is InChI=1S/C6F11N/c7-3(8,6(15,16)17)1-2(18-1,4(9,10)11)5(12,13)14. The summed E-state index contributed by atoms with van der Waals surface area (Å²) in [6.45, 7) is 0. The summed E-state index contributed by atoms with van der Waals surface area (Å²) < 4.78 is 132. The van der Waals surface area contributed by atoms with E-state index in [9.17, 15) is 48.3 Å². The minimum absolute atomic E-state index is 1.36. The Kier molecular flexibility index (Phi) is 2.71. The largest absolute Gasteiger partial charge is 0.459 e. The van der Waals surface area contributed by atoms with Gasteiger partial charge in [-0.05, 0) is 0 Å². The molecule has 0 aliphatic carbocycles. The fourth-order valence-electron chi connectivity index (χ4n) is 1.13. The topological polar surface area (TPSA) is 12.4 Å². The number of halogens is 11. The second-order valence-corrected chi connectivity index (χ2v) is 3.24. The van der Waals surface area contributed by atoms with Gasteiger partial charge in [0.1, 0.15) is 5.71 Å². The van der Waals surface area contributed by atoms with Crippen LogP contribution in [-0.2, 0) is 0 Å². The number of nitrogens with zero attached hydrogens (tertiary/aromatic N) is 1. The van der Waals surface area contributed by atoms with E-state index in [2.05, 4.69) is 0 Å². The van der Waals surface area contributed by atoms with Gasteiger partial charge in [-0.15, -0.1) is 0 Å². The van der Waals surface area contributed by atoms with E-state index < -0.39 is 35.7 Å². The van der Waals surface area contributed by atoms with Crippen LogP contribution < -0.4 is 0 Å². The molecule has 0 fully saturated rings. The summed E-state index contributed by atoms with van der Waals surface area (Å²) >= 11 is 0. The highest BCUT2D eigenvalue weighted by Gasteiger charge is 2.88. The molecule has 0 spiro atoms. The van der Waals surface area contributed by atoms with Gasteiger partial charge < -0.3 is 0 Å². The average molecular weight is 295 g/mol. The summed E-state index contributed by atoms with van der Waals surface area (Å²) in [6, 6.07) is 0. The fourth-order valence-corrected chi connectivity index (χ4v) is 1.13. The molecular formula is C6F11N. The Balaban J connectivity index is 3.24.